The van der Waals surface area contributed by atoms with Crippen molar-refractivity contribution in [2.45, 2.75) is 32.1 Å². The highest BCUT2D eigenvalue weighted by atomic mass is 32.2. The van der Waals surface area contributed by atoms with E-state index in [0.29, 0.717) is 13.1 Å². The Kier molecular flexibility index (Phi) is 3.88. The highest BCUT2D eigenvalue weighted by molar-refractivity contribution is 7.89. The maximum Gasteiger partial charge on any atom is 0.325 e. The Morgan fingerprint density at radius 1 is 1.10 bits per heavy atom. The molecule has 2 N–H and O–H groups in total. The van der Waals surface area contributed by atoms with Crippen molar-refractivity contribution in [2.75, 3.05) is 13.1 Å². The molecule has 0 amide bonds. The van der Waals surface area contributed by atoms with Crippen molar-refractivity contribution in [1.29, 1.82) is 0 Å². The number of nitrogens with zero attached hydrogens (tertiary/aromatic N) is 1. The van der Waals surface area contributed by atoms with Gasteiger partial charge in [0, 0.05) is 18.8 Å². The molecule has 20 heavy (non-hydrogen) atoms. The maximum atomic E-state index is 12.6. The highest BCUT2D eigenvalue weighted by Gasteiger charge is 2.34. The zero-order chi connectivity index (χ0) is 15.1. The average molecular weight is 301 g/mol. The lowest BCUT2D eigenvalue weighted by Crippen LogP contribution is -2.45. The predicted octanol–water partition coefficient (Wildman–Crippen LogP) is 0.0382. The molecule has 0 bridgehead atoms. The Morgan fingerprint density at radius 2 is 1.65 bits per heavy atom. The summed E-state index contributed by atoms with van der Waals surface area (Å²) in [6.45, 7) is 6.18. The van der Waals surface area contributed by atoms with Gasteiger partial charge in [0.15, 0.2) is 4.90 Å². The van der Waals surface area contributed by atoms with Gasteiger partial charge in [0.2, 0.25) is 10.0 Å². The molecule has 0 aromatic carbocycles. The monoisotopic (exact) mass is 301 g/mol. The standard InChI is InChI=1S/C12H19N3O4S/c1-7-4-8(2)6-15(5-7)20(18,19)10-9(3)13-12(17)14-11(10)16/h7-8H,4-6H2,1-3H3,(H2,13,14,16,17). The van der Waals surface area contributed by atoms with Gasteiger partial charge in [-0.15, -0.1) is 0 Å². The van der Waals surface area contributed by atoms with Gasteiger partial charge in [-0.2, -0.15) is 4.31 Å². The van der Waals surface area contributed by atoms with Crippen LogP contribution >= 0.6 is 0 Å². The van der Waals surface area contributed by atoms with Crippen molar-refractivity contribution in [3.05, 3.63) is 26.5 Å². The molecule has 2 unspecified atom stereocenters. The number of sulfonamides is 1. The number of piperidine rings is 1. The first kappa shape index (κ1) is 15.0. The Labute approximate surface area is 117 Å². The van der Waals surface area contributed by atoms with E-state index in [0.717, 1.165) is 6.42 Å². The van der Waals surface area contributed by atoms with E-state index in [2.05, 4.69) is 4.98 Å². The summed E-state index contributed by atoms with van der Waals surface area (Å²) in [5, 5.41) is 0. The molecular formula is C12H19N3O4S. The van der Waals surface area contributed by atoms with Gasteiger partial charge in [-0.25, -0.2) is 13.2 Å². The molecule has 1 aliphatic rings. The molecule has 0 spiro atoms. The van der Waals surface area contributed by atoms with E-state index >= 15 is 0 Å². The number of aromatic nitrogens is 2. The topological polar surface area (TPSA) is 103 Å². The summed E-state index contributed by atoms with van der Waals surface area (Å²) >= 11 is 0. The number of aromatic amines is 2. The molecule has 0 radical (unpaired) electrons. The smallest absolute Gasteiger partial charge is 0.310 e. The van der Waals surface area contributed by atoms with Crippen molar-refractivity contribution < 1.29 is 8.42 Å². The van der Waals surface area contributed by atoms with Gasteiger partial charge >= 0.3 is 5.69 Å². The Bertz CT molecular complexity index is 709. The summed E-state index contributed by atoms with van der Waals surface area (Å²) in [5.74, 6) is 0.492. The van der Waals surface area contributed by atoms with Crippen molar-refractivity contribution in [3.63, 3.8) is 0 Å². The number of H-pyrrole nitrogens is 2. The van der Waals surface area contributed by atoms with E-state index in [1.165, 1.54) is 11.2 Å². The fourth-order valence-electron chi connectivity index (χ4n) is 2.83. The zero-order valence-corrected chi connectivity index (χ0v) is 12.6. The molecule has 1 saturated heterocycles. The van der Waals surface area contributed by atoms with Crippen LogP contribution in [-0.2, 0) is 10.0 Å². The van der Waals surface area contributed by atoms with Gasteiger partial charge in [0.25, 0.3) is 5.56 Å². The first-order chi connectivity index (χ1) is 9.21. The molecule has 112 valence electrons. The fraction of sp³-hybridized carbons (Fsp3) is 0.667. The summed E-state index contributed by atoms with van der Waals surface area (Å²) in [7, 11) is -3.89. The van der Waals surface area contributed by atoms with E-state index in [9.17, 15) is 18.0 Å². The molecule has 2 atom stereocenters. The summed E-state index contributed by atoms with van der Waals surface area (Å²) in [6, 6.07) is 0. The van der Waals surface area contributed by atoms with E-state index in [4.69, 9.17) is 0 Å². The zero-order valence-electron chi connectivity index (χ0n) is 11.8. The maximum absolute atomic E-state index is 12.6. The second-order valence-electron chi connectivity index (χ2n) is 5.63. The summed E-state index contributed by atoms with van der Waals surface area (Å²) in [6.07, 6.45) is 0.965. The third-order valence-electron chi connectivity index (χ3n) is 3.51. The first-order valence-electron chi connectivity index (χ1n) is 6.55. The Morgan fingerprint density at radius 3 is 2.15 bits per heavy atom. The van der Waals surface area contributed by atoms with Crippen LogP contribution in [-0.4, -0.2) is 35.8 Å². The normalized spacial score (nSPS) is 24.8. The van der Waals surface area contributed by atoms with Gasteiger partial charge in [-0.3, -0.25) is 9.78 Å². The lowest BCUT2D eigenvalue weighted by Gasteiger charge is -2.33. The van der Waals surface area contributed by atoms with Gasteiger partial charge in [0.1, 0.15) is 0 Å². The van der Waals surface area contributed by atoms with Crippen LogP contribution in [0.2, 0.25) is 0 Å². The van der Waals surface area contributed by atoms with Crippen molar-refractivity contribution in [3.8, 4) is 0 Å². The molecule has 2 heterocycles. The van der Waals surface area contributed by atoms with E-state index in [-0.39, 0.29) is 22.4 Å². The summed E-state index contributed by atoms with van der Waals surface area (Å²) < 4.78 is 26.6. The van der Waals surface area contributed by atoms with Crippen LogP contribution in [0.5, 0.6) is 0 Å². The molecule has 7 nitrogen and oxygen atoms in total. The quantitative estimate of drug-likeness (QED) is 0.804. The van der Waals surface area contributed by atoms with Crippen LogP contribution in [0.3, 0.4) is 0 Å². The molecule has 1 fully saturated rings. The second kappa shape index (κ2) is 5.17. The molecule has 2 rings (SSSR count). The number of aryl methyl sites for hydroxylation is 1. The van der Waals surface area contributed by atoms with Gasteiger partial charge in [-0.05, 0) is 25.2 Å². The number of hydrogen-bond donors (Lipinski definition) is 2. The molecule has 0 saturated carbocycles. The second-order valence-corrected chi connectivity index (χ2v) is 7.51. The average Bonchev–Trinajstić information content (AvgIpc) is 2.25. The van der Waals surface area contributed by atoms with Gasteiger partial charge < -0.3 is 4.98 Å². The molecule has 8 heteroatoms. The van der Waals surface area contributed by atoms with E-state index in [1.807, 2.05) is 18.8 Å². The minimum absolute atomic E-state index is 0.0737. The molecule has 1 aromatic rings. The van der Waals surface area contributed by atoms with Crippen molar-refractivity contribution >= 4 is 10.0 Å². The van der Waals surface area contributed by atoms with E-state index in [1.54, 1.807) is 0 Å². The fourth-order valence-corrected chi connectivity index (χ4v) is 4.71. The minimum Gasteiger partial charge on any atom is -0.310 e. The summed E-state index contributed by atoms with van der Waals surface area (Å²) in [4.78, 5) is 26.9. The number of nitrogens with one attached hydrogen (secondary N) is 2. The SMILES string of the molecule is Cc1[nH]c(=O)[nH]c(=O)c1S(=O)(=O)N1CC(C)CC(C)C1. The number of hydrogen-bond acceptors (Lipinski definition) is 4. The predicted molar refractivity (Wildman–Crippen MR) is 74.1 cm³/mol. The van der Waals surface area contributed by atoms with E-state index < -0.39 is 21.3 Å². The van der Waals surface area contributed by atoms with Crippen molar-refractivity contribution in [1.82, 2.24) is 14.3 Å². The van der Waals surface area contributed by atoms with Crippen molar-refractivity contribution in [2.24, 2.45) is 11.8 Å². The molecule has 1 aliphatic heterocycles. The van der Waals surface area contributed by atoms with Crippen LogP contribution < -0.4 is 11.2 Å². The lowest BCUT2D eigenvalue weighted by molar-refractivity contribution is 0.222. The van der Waals surface area contributed by atoms with Crippen LogP contribution in [0.15, 0.2) is 14.5 Å². The Hall–Kier alpha value is -1.41. The molecule has 0 aliphatic carbocycles. The van der Waals surface area contributed by atoms with Crippen LogP contribution in [0.25, 0.3) is 0 Å². The third-order valence-corrected chi connectivity index (χ3v) is 5.49. The third kappa shape index (κ3) is 2.71. The lowest BCUT2D eigenvalue weighted by atomic mass is 9.94. The largest absolute Gasteiger partial charge is 0.325 e. The summed E-state index contributed by atoms with van der Waals surface area (Å²) in [5.41, 5.74) is -1.49. The highest BCUT2D eigenvalue weighted by Crippen LogP contribution is 2.25. The Balaban J connectivity index is 2.51. The number of rotatable bonds is 2. The molecular weight excluding hydrogens is 282 g/mol. The minimum atomic E-state index is -3.89. The van der Waals surface area contributed by atoms with Crippen LogP contribution in [0.4, 0.5) is 0 Å². The van der Waals surface area contributed by atoms with Gasteiger partial charge in [0.05, 0.1) is 0 Å². The first-order valence-corrected chi connectivity index (χ1v) is 7.99. The van der Waals surface area contributed by atoms with Gasteiger partial charge in [-0.1, -0.05) is 13.8 Å². The molecule has 1 aromatic heterocycles. The van der Waals surface area contributed by atoms with Crippen LogP contribution in [0.1, 0.15) is 26.0 Å². The van der Waals surface area contributed by atoms with Crippen LogP contribution in [0, 0.1) is 18.8 Å².